The highest BCUT2D eigenvalue weighted by molar-refractivity contribution is 7.47. The molecule has 0 bridgehead atoms. The minimum atomic E-state index is -5.16. The molecule has 1 aliphatic rings. The van der Waals surface area contributed by atoms with Crippen LogP contribution < -0.4 is 0 Å². The van der Waals surface area contributed by atoms with Crippen molar-refractivity contribution >= 4 is 19.8 Å². The lowest BCUT2D eigenvalue weighted by molar-refractivity contribution is -0.220. The first-order valence-electron chi connectivity index (χ1n) is 22.8. The Morgan fingerprint density at radius 3 is 1.69 bits per heavy atom. The fourth-order valence-corrected chi connectivity index (χ4v) is 7.30. The van der Waals surface area contributed by atoms with Gasteiger partial charge in [-0.05, 0) is 77.0 Å². The summed E-state index contributed by atoms with van der Waals surface area (Å²) >= 11 is 0. The Kier molecular flexibility index (Phi) is 33.8. The van der Waals surface area contributed by atoms with Crippen molar-refractivity contribution in [2.75, 3.05) is 13.2 Å². The quantitative estimate of drug-likeness (QED) is 0.0105. The summed E-state index contributed by atoms with van der Waals surface area (Å²) in [5.74, 6) is -1.23. The molecule has 0 heterocycles. The van der Waals surface area contributed by atoms with Crippen LogP contribution in [-0.2, 0) is 32.7 Å². The summed E-state index contributed by atoms with van der Waals surface area (Å²) in [7, 11) is -5.16. The largest absolute Gasteiger partial charge is 0.472 e. The smallest absolute Gasteiger partial charge is 0.462 e. The van der Waals surface area contributed by atoms with E-state index in [0.29, 0.717) is 32.1 Å². The number of allylic oxidation sites excluding steroid dienone is 10. The van der Waals surface area contributed by atoms with Crippen molar-refractivity contribution in [3.05, 3.63) is 72.9 Å². The van der Waals surface area contributed by atoms with Crippen molar-refractivity contribution in [1.29, 1.82) is 0 Å². The van der Waals surface area contributed by atoms with Crippen molar-refractivity contribution in [3.8, 4) is 0 Å². The molecular formula is C47H79O14P. The zero-order chi connectivity index (χ0) is 45.9. The van der Waals surface area contributed by atoms with E-state index in [1.54, 1.807) is 6.08 Å². The second-order valence-corrected chi connectivity index (χ2v) is 17.2. The van der Waals surface area contributed by atoms with E-state index in [2.05, 4.69) is 44.2 Å². The van der Waals surface area contributed by atoms with Gasteiger partial charge >= 0.3 is 19.8 Å². The summed E-state index contributed by atoms with van der Waals surface area (Å²) in [5, 5.41) is 60.2. The van der Waals surface area contributed by atoms with Crippen LogP contribution in [0.15, 0.2) is 72.9 Å². The Bertz CT molecular complexity index is 1380. The van der Waals surface area contributed by atoms with Gasteiger partial charge in [-0.25, -0.2) is 4.57 Å². The van der Waals surface area contributed by atoms with E-state index in [9.17, 15) is 49.7 Å². The molecule has 7 N–H and O–H groups in total. The Morgan fingerprint density at radius 2 is 1.08 bits per heavy atom. The van der Waals surface area contributed by atoms with E-state index in [0.717, 1.165) is 51.4 Å². The maximum absolute atomic E-state index is 12.8. The third-order valence-corrected chi connectivity index (χ3v) is 11.1. The highest BCUT2D eigenvalue weighted by Gasteiger charge is 2.51. The van der Waals surface area contributed by atoms with Crippen LogP contribution in [0.1, 0.15) is 149 Å². The van der Waals surface area contributed by atoms with Crippen LogP contribution in [0.25, 0.3) is 0 Å². The topological polar surface area (TPSA) is 230 Å². The van der Waals surface area contributed by atoms with Gasteiger partial charge in [0.2, 0.25) is 0 Å². The molecule has 9 atom stereocenters. The number of phosphoric ester groups is 1. The molecule has 62 heavy (non-hydrogen) atoms. The predicted molar refractivity (Wildman–Crippen MR) is 241 cm³/mol. The maximum atomic E-state index is 12.8. The molecule has 14 nitrogen and oxygen atoms in total. The Balaban J connectivity index is 2.56. The minimum Gasteiger partial charge on any atom is -0.462 e. The summed E-state index contributed by atoms with van der Waals surface area (Å²) < 4.78 is 33.4. The molecular weight excluding hydrogens is 819 g/mol. The fourth-order valence-electron chi connectivity index (χ4n) is 6.33. The number of ether oxygens (including phenoxy) is 2. The van der Waals surface area contributed by atoms with E-state index in [-0.39, 0.29) is 12.8 Å². The van der Waals surface area contributed by atoms with Gasteiger partial charge in [0.1, 0.15) is 43.2 Å². The highest BCUT2D eigenvalue weighted by Crippen LogP contribution is 2.47. The lowest BCUT2D eigenvalue weighted by Gasteiger charge is -2.41. The van der Waals surface area contributed by atoms with E-state index < -0.39 is 81.8 Å². The molecule has 0 aromatic rings. The normalized spacial score (nSPS) is 23.0. The molecule has 356 valence electrons. The van der Waals surface area contributed by atoms with E-state index in [4.69, 9.17) is 18.5 Å². The van der Waals surface area contributed by atoms with Gasteiger partial charge in [-0.2, -0.15) is 0 Å². The Hall–Kier alpha value is -2.75. The minimum absolute atomic E-state index is 0.0198. The van der Waals surface area contributed by atoms with Crippen LogP contribution >= 0.6 is 7.82 Å². The second-order valence-electron chi connectivity index (χ2n) is 15.7. The van der Waals surface area contributed by atoms with Crippen molar-refractivity contribution < 1.29 is 68.2 Å². The number of aliphatic hydroxyl groups is 6. The number of aliphatic hydroxyl groups excluding tert-OH is 6. The van der Waals surface area contributed by atoms with Crippen LogP contribution in [-0.4, -0.2) is 110 Å². The zero-order valence-corrected chi connectivity index (χ0v) is 38.1. The summed E-state index contributed by atoms with van der Waals surface area (Å²) in [6.07, 6.45) is 28.3. The third kappa shape index (κ3) is 28.8. The average molecular weight is 899 g/mol. The molecule has 0 aromatic heterocycles. The van der Waals surface area contributed by atoms with Crippen LogP contribution in [0.3, 0.4) is 0 Å². The van der Waals surface area contributed by atoms with Gasteiger partial charge in [-0.1, -0.05) is 132 Å². The first kappa shape index (κ1) is 57.3. The van der Waals surface area contributed by atoms with Crippen LogP contribution in [0, 0.1) is 0 Å². The third-order valence-electron chi connectivity index (χ3n) is 10.1. The van der Waals surface area contributed by atoms with E-state index in [1.165, 1.54) is 38.5 Å². The van der Waals surface area contributed by atoms with E-state index in [1.807, 2.05) is 36.5 Å². The molecule has 1 fully saturated rings. The standard InChI is InChI=1S/C47H79O14P/c1-3-5-7-9-11-12-13-14-15-16-17-18-22-26-30-34-40(49)58-36-39(37-59-62(56,57)61-47-45(54)43(52)42(51)44(53)46(47)55)60-41(50)35-31-27-23-19-21-25-29-33-38(48)32-28-24-20-10-8-6-4-2/h11-12,14-15,19-20,23-25,28-29,32,38-39,42-48,51-55H,3-10,13,16-18,21-22,26-27,30-31,33-37H2,1-2H3,(H,56,57)/b12-11-,15-14-,23-19+,24-20-,29-25-,32-28-/t38-,39+,42?,43-,44+,45+,46+,47?/m0/s1. The molecule has 1 saturated carbocycles. The van der Waals surface area contributed by atoms with Crippen molar-refractivity contribution in [1.82, 2.24) is 0 Å². The van der Waals surface area contributed by atoms with Crippen molar-refractivity contribution in [2.24, 2.45) is 0 Å². The number of phosphoric acid groups is 1. The molecule has 0 saturated heterocycles. The molecule has 3 unspecified atom stereocenters. The number of carbonyl (C=O) groups excluding carboxylic acids is 2. The van der Waals surface area contributed by atoms with Gasteiger partial charge in [-0.3, -0.25) is 18.6 Å². The van der Waals surface area contributed by atoms with E-state index >= 15 is 0 Å². The number of carbonyl (C=O) groups is 2. The Labute approximate surface area is 370 Å². The van der Waals surface area contributed by atoms with Gasteiger partial charge in [0.05, 0.1) is 12.7 Å². The molecule has 0 spiro atoms. The average Bonchev–Trinajstić information content (AvgIpc) is 3.25. The number of hydrogen-bond acceptors (Lipinski definition) is 13. The van der Waals surface area contributed by atoms with Crippen molar-refractivity contribution in [2.45, 2.75) is 198 Å². The number of unbranched alkanes of at least 4 members (excludes halogenated alkanes) is 12. The van der Waals surface area contributed by atoms with Gasteiger partial charge in [0, 0.05) is 12.8 Å². The molecule has 15 heteroatoms. The number of hydrogen-bond donors (Lipinski definition) is 7. The summed E-state index contributed by atoms with van der Waals surface area (Å²) in [6, 6.07) is 0. The van der Waals surface area contributed by atoms with Crippen LogP contribution in [0.5, 0.6) is 0 Å². The molecule has 0 radical (unpaired) electrons. The predicted octanol–water partition coefficient (Wildman–Crippen LogP) is 7.69. The molecule has 0 aliphatic heterocycles. The first-order valence-corrected chi connectivity index (χ1v) is 24.3. The Morgan fingerprint density at radius 1 is 0.581 bits per heavy atom. The van der Waals surface area contributed by atoms with Gasteiger partial charge in [0.25, 0.3) is 0 Å². The second kappa shape index (κ2) is 36.6. The van der Waals surface area contributed by atoms with Crippen LogP contribution in [0.4, 0.5) is 0 Å². The molecule has 1 aliphatic carbocycles. The monoisotopic (exact) mass is 899 g/mol. The maximum Gasteiger partial charge on any atom is 0.472 e. The lowest BCUT2D eigenvalue weighted by Crippen LogP contribution is -2.64. The lowest BCUT2D eigenvalue weighted by atomic mass is 9.85. The van der Waals surface area contributed by atoms with Crippen molar-refractivity contribution in [3.63, 3.8) is 0 Å². The summed E-state index contributed by atoms with van der Waals surface area (Å²) in [6.45, 7) is 3.10. The summed E-state index contributed by atoms with van der Waals surface area (Å²) in [5.41, 5.74) is 0. The zero-order valence-electron chi connectivity index (χ0n) is 37.2. The first-order chi connectivity index (χ1) is 29.8. The number of rotatable bonds is 36. The fraction of sp³-hybridized carbons (Fsp3) is 0.702. The molecule has 0 aromatic carbocycles. The van der Waals surface area contributed by atoms with Gasteiger partial charge in [0.15, 0.2) is 6.10 Å². The highest BCUT2D eigenvalue weighted by atomic mass is 31.2. The molecule has 1 rings (SSSR count). The number of esters is 2. The SMILES string of the molecule is CCCCC/C=C\C=C/[C@H](O)C/C=C\C/C=C/CCCC(=O)O[C@H](COC(=O)CCCCCCC/C=C\C/C=C\CCCCC)COP(=O)(O)OC1[C@H](O)[C@H](O)C(O)[C@H](O)[C@H]1O. The summed E-state index contributed by atoms with van der Waals surface area (Å²) in [4.78, 5) is 35.7. The van der Waals surface area contributed by atoms with Gasteiger partial charge < -0.3 is 45.0 Å². The van der Waals surface area contributed by atoms with Crippen LogP contribution in [0.2, 0.25) is 0 Å². The van der Waals surface area contributed by atoms with Gasteiger partial charge in [-0.15, -0.1) is 0 Å². The molecule has 0 amide bonds.